The first kappa shape index (κ1) is 20.2. The van der Waals surface area contributed by atoms with Crippen LogP contribution in [0, 0.1) is 11.3 Å². The zero-order valence-corrected chi connectivity index (χ0v) is 17.8. The van der Waals surface area contributed by atoms with Crippen LogP contribution in [0.15, 0.2) is 47.1 Å². The van der Waals surface area contributed by atoms with E-state index in [9.17, 15) is 10.1 Å². The highest BCUT2D eigenvalue weighted by Crippen LogP contribution is 2.31. The van der Waals surface area contributed by atoms with Gasteiger partial charge in [-0.05, 0) is 48.3 Å². The minimum atomic E-state index is -0.559. The number of piperazine rings is 1. The molecule has 1 unspecified atom stereocenters. The van der Waals surface area contributed by atoms with Crippen molar-refractivity contribution in [3.05, 3.63) is 58.2 Å². The standard InChI is InChI=1S/C21H23BrN4O2/c1-21(2,3)28-20(27)26-10-9-25(14-18(26)15-7-5-4-6-8-15)19-16(12-23)11-17(22)13-24-19/h4-8,11,13,18H,9-10,14H2,1-3H3. The Morgan fingerprint density at radius 3 is 2.64 bits per heavy atom. The summed E-state index contributed by atoms with van der Waals surface area (Å²) in [6.45, 7) is 7.19. The highest BCUT2D eigenvalue weighted by molar-refractivity contribution is 9.10. The molecule has 0 bridgehead atoms. The maximum absolute atomic E-state index is 12.8. The molecule has 2 aromatic rings. The molecule has 1 saturated heterocycles. The summed E-state index contributed by atoms with van der Waals surface area (Å²) in [5, 5.41) is 9.50. The van der Waals surface area contributed by atoms with Crippen LogP contribution >= 0.6 is 15.9 Å². The van der Waals surface area contributed by atoms with E-state index in [1.165, 1.54) is 0 Å². The molecular formula is C21H23BrN4O2. The number of carbonyl (C=O) groups excluding carboxylic acids is 1. The van der Waals surface area contributed by atoms with Crippen molar-refractivity contribution in [1.82, 2.24) is 9.88 Å². The van der Waals surface area contributed by atoms with Gasteiger partial charge in [-0.3, -0.25) is 4.90 Å². The van der Waals surface area contributed by atoms with E-state index in [0.29, 0.717) is 31.0 Å². The largest absolute Gasteiger partial charge is 0.444 e. The molecule has 1 fully saturated rings. The third-order valence-electron chi connectivity index (χ3n) is 4.45. The van der Waals surface area contributed by atoms with E-state index >= 15 is 0 Å². The second kappa shape index (κ2) is 8.19. The van der Waals surface area contributed by atoms with Crippen LogP contribution in [0.3, 0.4) is 0 Å². The molecule has 3 rings (SSSR count). The van der Waals surface area contributed by atoms with Crippen LogP contribution in [-0.2, 0) is 4.74 Å². The number of rotatable bonds is 2. The molecule has 0 aliphatic carbocycles. The van der Waals surface area contributed by atoms with Gasteiger partial charge in [0.1, 0.15) is 17.5 Å². The van der Waals surface area contributed by atoms with Gasteiger partial charge in [0.05, 0.1) is 11.6 Å². The first-order chi connectivity index (χ1) is 13.3. The number of nitrogens with zero attached hydrogens (tertiary/aromatic N) is 4. The zero-order valence-electron chi connectivity index (χ0n) is 16.2. The van der Waals surface area contributed by atoms with Gasteiger partial charge < -0.3 is 9.64 Å². The predicted octanol–water partition coefficient (Wildman–Crippen LogP) is 4.51. The Morgan fingerprint density at radius 2 is 2.00 bits per heavy atom. The fourth-order valence-corrected chi connectivity index (χ4v) is 3.57. The fourth-order valence-electron chi connectivity index (χ4n) is 3.24. The van der Waals surface area contributed by atoms with Gasteiger partial charge in [0, 0.05) is 30.3 Å². The lowest BCUT2D eigenvalue weighted by molar-refractivity contribution is 0.0137. The SMILES string of the molecule is CC(C)(C)OC(=O)N1CCN(c2ncc(Br)cc2C#N)CC1c1ccccc1. The summed E-state index contributed by atoms with van der Waals surface area (Å²) in [5.41, 5.74) is 0.969. The average molecular weight is 443 g/mol. The second-order valence-electron chi connectivity index (χ2n) is 7.68. The zero-order chi connectivity index (χ0) is 20.3. The topological polar surface area (TPSA) is 69.5 Å². The van der Waals surface area contributed by atoms with Crippen molar-refractivity contribution < 1.29 is 9.53 Å². The van der Waals surface area contributed by atoms with Crippen molar-refractivity contribution in [3.8, 4) is 6.07 Å². The Balaban J connectivity index is 1.92. The van der Waals surface area contributed by atoms with Gasteiger partial charge in [-0.1, -0.05) is 30.3 Å². The van der Waals surface area contributed by atoms with E-state index in [0.717, 1.165) is 10.0 Å². The lowest BCUT2D eigenvalue weighted by Crippen LogP contribution is -2.52. The molecule has 0 radical (unpaired) electrons. The Morgan fingerprint density at radius 1 is 1.29 bits per heavy atom. The van der Waals surface area contributed by atoms with Gasteiger partial charge in [-0.2, -0.15) is 5.26 Å². The van der Waals surface area contributed by atoms with E-state index in [1.807, 2.05) is 51.1 Å². The number of halogens is 1. The molecule has 0 spiro atoms. The Hall–Kier alpha value is -2.59. The quantitative estimate of drug-likeness (QED) is 0.683. The monoisotopic (exact) mass is 442 g/mol. The molecule has 1 aromatic heterocycles. The van der Waals surface area contributed by atoms with Crippen LogP contribution < -0.4 is 4.90 Å². The van der Waals surface area contributed by atoms with Crippen molar-refractivity contribution in [3.63, 3.8) is 0 Å². The van der Waals surface area contributed by atoms with Crippen molar-refractivity contribution in [2.45, 2.75) is 32.4 Å². The summed E-state index contributed by atoms with van der Waals surface area (Å²) in [6, 6.07) is 13.7. The molecule has 0 saturated carbocycles. The number of aromatic nitrogens is 1. The maximum Gasteiger partial charge on any atom is 0.410 e. The minimum absolute atomic E-state index is 0.193. The molecule has 7 heteroatoms. The van der Waals surface area contributed by atoms with Crippen molar-refractivity contribution in [2.75, 3.05) is 24.5 Å². The first-order valence-corrected chi connectivity index (χ1v) is 9.93. The van der Waals surface area contributed by atoms with Crippen LogP contribution in [0.5, 0.6) is 0 Å². The van der Waals surface area contributed by atoms with Crippen molar-refractivity contribution in [2.24, 2.45) is 0 Å². The lowest BCUT2D eigenvalue weighted by atomic mass is 10.0. The molecule has 1 aromatic carbocycles. The molecule has 28 heavy (non-hydrogen) atoms. The van der Waals surface area contributed by atoms with E-state index < -0.39 is 5.60 Å². The number of hydrogen-bond acceptors (Lipinski definition) is 5. The highest BCUT2D eigenvalue weighted by Gasteiger charge is 2.35. The third kappa shape index (κ3) is 4.63. The molecule has 146 valence electrons. The predicted molar refractivity (Wildman–Crippen MR) is 111 cm³/mol. The van der Waals surface area contributed by atoms with Crippen LogP contribution in [0.2, 0.25) is 0 Å². The number of pyridine rings is 1. The highest BCUT2D eigenvalue weighted by atomic mass is 79.9. The molecule has 1 atom stereocenters. The normalized spacial score (nSPS) is 17.2. The maximum atomic E-state index is 12.8. The van der Waals surface area contributed by atoms with Crippen molar-refractivity contribution in [1.29, 1.82) is 5.26 Å². The number of carbonyl (C=O) groups is 1. The summed E-state index contributed by atoms with van der Waals surface area (Å²) in [4.78, 5) is 21.1. The van der Waals surface area contributed by atoms with Crippen LogP contribution in [0.4, 0.5) is 10.6 Å². The molecule has 1 aliphatic heterocycles. The average Bonchev–Trinajstić information content (AvgIpc) is 2.66. The molecule has 1 aliphatic rings. The minimum Gasteiger partial charge on any atom is -0.444 e. The van der Waals surface area contributed by atoms with Gasteiger partial charge in [0.15, 0.2) is 0 Å². The number of amides is 1. The number of nitriles is 1. The summed E-state index contributed by atoms with van der Waals surface area (Å²) in [5.74, 6) is 0.635. The number of benzene rings is 1. The van der Waals surface area contributed by atoms with Gasteiger partial charge >= 0.3 is 6.09 Å². The van der Waals surface area contributed by atoms with Gasteiger partial charge in [-0.25, -0.2) is 9.78 Å². The second-order valence-corrected chi connectivity index (χ2v) is 8.60. The van der Waals surface area contributed by atoms with Gasteiger partial charge in [-0.15, -0.1) is 0 Å². The van der Waals surface area contributed by atoms with E-state index in [-0.39, 0.29) is 12.1 Å². The van der Waals surface area contributed by atoms with Crippen LogP contribution in [0.1, 0.15) is 37.9 Å². The molecule has 2 heterocycles. The summed E-state index contributed by atoms with van der Waals surface area (Å²) in [7, 11) is 0. The van der Waals surface area contributed by atoms with E-state index in [1.54, 1.807) is 17.2 Å². The van der Waals surface area contributed by atoms with Crippen molar-refractivity contribution >= 4 is 27.8 Å². The number of anilines is 1. The Labute approximate surface area is 173 Å². The van der Waals surface area contributed by atoms with E-state index in [2.05, 4.69) is 31.9 Å². The number of hydrogen-bond donors (Lipinski definition) is 0. The van der Waals surface area contributed by atoms with Gasteiger partial charge in [0.25, 0.3) is 0 Å². The smallest absolute Gasteiger partial charge is 0.410 e. The summed E-state index contributed by atoms with van der Waals surface area (Å²) in [6.07, 6.45) is 1.36. The summed E-state index contributed by atoms with van der Waals surface area (Å²) < 4.78 is 6.39. The van der Waals surface area contributed by atoms with Crippen LogP contribution in [0.25, 0.3) is 0 Å². The lowest BCUT2D eigenvalue weighted by Gasteiger charge is -2.42. The Kier molecular flexibility index (Phi) is 5.90. The molecular weight excluding hydrogens is 420 g/mol. The van der Waals surface area contributed by atoms with Crippen LogP contribution in [-0.4, -0.2) is 41.2 Å². The summed E-state index contributed by atoms with van der Waals surface area (Å²) >= 11 is 3.36. The molecule has 1 amide bonds. The molecule has 0 N–H and O–H groups in total. The first-order valence-electron chi connectivity index (χ1n) is 9.13. The Bertz CT molecular complexity index is 890. The fraction of sp³-hybridized carbons (Fsp3) is 0.381. The third-order valence-corrected chi connectivity index (χ3v) is 4.88. The molecule has 6 nitrogen and oxygen atoms in total. The van der Waals surface area contributed by atoms with E-state index in [4.69, 9.17) is 4.74 Å². The van der Waals surface area contributed by atoms with Gasteiger partial charge in [0.2, 0.25) is 0 Å². The number of ether oxygens (including phenoxy) is 1.